The molecule has 1 atom stereocenters. The van der Waals surface area contributed by atoms with Gasteiger partial charge in [0.15, 0.2) is 11.6 Å². The molecule has 3 rings (SSSR count). The molecule has 2 heterocycles. The molecule has 1 unspecified atom stereocenters. The molecule has 1 aromatic carbocycles. The Morgan fingerprint density at radius 3 is 2.59 bits per heavy atom. The standard InChI is InChI=1S/C19H23F2N3O4S/c20-15-6-5-14(12-16(15)21)29(26,27)23-8-7-19(25)22-13-17(18-4-3-11-28-18)24-9-1-2-10-24/h3-6,11-12,17,23H,1-2,7-10,13H2,(H,22,25). The quantitative estimate of drug-likeness (QED) is 0.640. The molecule has 10 heteroatoms. The van der Waals surface area contributed by atoms with Gasteiger partial charge in [-0.3, -0.25) is 9.69 Å². The van der Waals surface area contributed by atoms with E-state index < -0.39 is 26.6 Å². The van der Waals surface area contributed by atoms with Crippen LogP contribution in [-0.2, 0) is 14.8 Å². The van der Waals surface area contributed by atoms with Crippen LogP contribution in [0.1, 0.15) is 31.1 Å². The second kappa shape index (κ2) is 9.47. The van der Waals surface area contributed by atoms with Crippen molar-refractivity contribution < 1.29 is 26.4 Å². The van der Waals surface area contributed by atoms with E-state index in [1.807, 2.05) is 6.07 Å². The zero-order chi connectivity index (χ0) is 20.9. The van der Waals surface area contributed by atoms with Gasteiger partial charge >= 0.3 is 0 Å². The monoisotopic (exact) mass is 427 g/mol. The number of rotatable bonds is 9. The Labute approximate surface area is 168 Å². The minimum absolute atomic E-state index is 0.0738. The molecule has 2 aromatic rings. The molecular formula is C19H23F2N3O4S. The normalized spacial score (nSPS) is 16.1. The van der Waals surface area contributed by atoms with Gasteiger partial charge in [0.1, 0.15) is 5.76 Å². The Bertz CT molecular complexity index is 929. The van der Waals surface area contributed by atoms with Crippen LogP contribution in [0, 0.1) is 11.6 Å². The van der Waals surface area contributed by atoms with Crippen LogP contribution in [0.25, 0.3) is 0 Å². The lowest BCUT2D eigenvalue weighted by atomic mass is 10.2. The highest BCUT2D eigenvalue weighted by Gasteiger charge is 2.26. The van der Waals surface area contributed by atoms with Crippen molar-refractivity contribution in [1.82, 2.24) is 14.9 Å². The largest absolute Gasteiger partial charge is 0.468 e. The molecular weight excluding hydrogens is 404 g/mol. The summed E-state index contributed by atoms with van der Waals surface area (Å²) >= 11 is 0. The van der Waals surface area contributed by atoms with Crippen molar-refractivity contribution in [2.75, 3.05) is 26.2 Å². The maximum Gasteiger partial charge on any atom is 0.240 e. The Kier molecular flexibility index (Phi) is 6.99. The van der Waals surface area contributed by atoms with E-state index in [9.17, 15) is 22.0 Å². The Morgan fingerprint density at radius 1 is 1.17 bits per heavy atom. The van der Waals surface area contributed by atoms with Crippen molar-refractivity contribution in [3.63, 3.8) is 0 Å². The minimum Gasteiger partial charge on any atom is -0.468 e. The molecule has 0 bridgehead atoms. The molecule has 0 saturated carbocycles. The molecule has 1 saturated heterocycles. The molecule has 1 fully saturated rings. The molecule has 0 radical (unpaired) electrons. The summed E-state index contributed by atoms with van der Waals surface area (Å²) in [6.07, 6.45) is 3.69. The van der Waals surface area contributed by atoms with Crippen LogP contribution in [0.4, 0.5) is 8.78 Å². The number of hydrogen-bond donors (Lipinski definition) is 2. The summed E-state index contributed by atoms with van der Waals surface area (Å²) in [6, 6.07) is 5.89. The lowest BCUT2D eigenvalue weighted by molar-refractivity contribution is -0.121. The molecule has 158 valence electrons. The van der Waals surface area contributed by atoms with E-state index in [0.717, 1.165) is 43.8 Å². The molecule has 2 N–H and O–H groups in total. The Hall–Kier alpha value is -2.30. The van der Waals surface area contributed by atoms with Gasteiger partial charge in [0.05, 0.1) is 17.2 Å². The van der Waals surface area contributed by atoms with Gasteiger partial charge in [0, 0.05) is 19.5 Å². The van der Waals surface area contributed by atoms with E-state index in [-0.39, 0.29) is 24.9 Å². The van der Waals surface area contributed by atoms with Crippen molar-refractivity contribution in [2.45, 2.75) is 30.2 Å². The number of furan rings is 1. The van der Waals surface area contributed by atoms with Crippen LogP contribution < -0.4 is 10.0 Å². The highest BCUT2D eigenvalue weighted by molar-refractivity contribution is 7.89. The van der Waals surface area contributed by atoms with Gasteiger partial charge in [-0.25, -0.2) is 21.9 Å². The number of nitrogens with zero attached hydrogens (tertiary/aromatic N) is 1. The number of sulfonamides is 1. The van der Waals surface area contributed by atoms with Crippen molar-refractivity contribution in [1.29, 1.82) is 0 Å². The van der Waals surface area contributed by atoms with E-state index in [1.54, 1.807) is 12.3 Å². The highest BCUT2D eigenvalue weighted by atomic mass is 32.2. The maximum atomic E-state index is 13.2. The first-order valence-corrected chi connectivity index (χ1v) is 10.8. The van der Waals surface area contributed by atoms with E-state index in [2.05, 4.69) is 14.9 Å². The van der Waals surface area contributed by atoms with Crippen LogP contribution in [-0.4, -0.2) is 45.4 Å². The number of benzene rings is 1. The third-order valence-electron chi connectivity index (χ3n) is 4.79. The second-order valence-corrected chi connectivity index (χ2v) is 8.57. The fourth-order valence-electron chi connectivity index (χ4n) is 3.27. The van der Waals surface area contributed by atoms with Crippen molar-refractivity contribution in [3.8, 4) is 0 Å². The summed E-state index contributed by atoms with van der Waals surface area (Å²) in [7, 11) is -4.03. The Balaban J connectivity index is 1.49. The van der Waals surface area contributed by atoms with Gasteiger partial charge in [0.25, 0.3) is 0 Å². The van der Waals surface area contributed by atoms with E-state index in [1.165, 1.54) is 0 Å². The van der Waals surface area contributed by atoms with Crippen LogP contribution in [0.2, 0.25) is 0 Å². The van der Waals surface area contributed by atoms with Gasteiger partial charge in [-0.2, -0.15) is 0 Å². The summed E-state index contributed by atoms with van der Waals surface area (Å²) in [5, 5.41) is 2.81. The lowest BCUT2D eigenvalue weighted by Gasteiger charge is -2.26. The average Bonchev–Trinajstić information content (AvgIpc) is 3.38. The van der Waals surface area contributed by atoms with Gasteiger partial charge in [-0.15, -0.1) is 0 Å². The van der Waals surface area contributed by atoms with E-state index in [4.69, 9.17) is 4.42 Å². The SMILES string of the molecule is O=C(CCNS(=O)(=O)c1ccc(F)c(F)c1)NCC(c1ccco1)N1CCCC1. The van der Waals surface area contributed by atoms with Gasteiger partial charge in [-0.1, -0.05) is 0 Å². The fraction of sp³-hybridized carbons (Fsp3) is 0.421. The Morgan fingerprint density at radius 2 is 1.93 bits per heavy atom. The summed E-state index contributed by atoms with van der Waals surface area (Å²) in [6.45, 7) is 2.04. The van der Waals surface area contributed by atoms with Crippen LogP contribution in [0.3, 0.4) is 0 Å². The molecule has 29 heavy (non-hydrogen) atoms. The average molecular weight is 427 g/mol. The zero-order valence-corrected chi connectivity index (χ0v) is 16.6. The molecule has 1 aliphatic heterocycles. The maximum absolute atomic E-state index is 13.2. The highest BCUT2D eigenvalue weighted by Crippen LogP contribution is 2.24. The van der Waals surface area contributed by atoms with Crippen molar-refractivity contribution >= 4 is 15.9 Å². The summed E-state index contributed by atoms with van der Waals surface area (Å²) in [5.41, 5.74) is 0. The number of carbonyl (C=O) groups excluding carboxylic acids is 1. The van der Waals surface area contributed by atoms with Gasteiger partial charge < -0.3 is 9.73 Å². The first kappa shape index (κ1) is 21.4. The predicted molar refractivity (Wildman–Crippen MR) is 101 cm³/mol. The number of hydrogen-bond acceptors (Lipinski definition) is 5. The van der Waals surface area contributed by atoms with Gasteiger partial charge in [-0.05, 0) is 56.3 Å². The van der Waals surface area contributed by atoms with Crippen molar-refractivity contribution in [2.24, 2.45) is 0 Å². The lowest BCUT2D eigenvalue weighted by Crippen LogP contribution is -2.37. The third kappa shape index (κ3) is 5.62. The zero-order valence-electron chi connectivity index (χ0n) is 15.7. The third-order valence-corrected chi connectivity index (χ3v) is 6.25. The van der Waals surface area contributed by atoms with Crippen LogP contribution >= 0.6 is 0 Å². The minimum atomic E-state index is -4.03. The molecule has 1 aliphatic rings. The summed E-state index contributed by atoms with van der Waals surface area (Å²) in [5.74, 6) is -1.94. The molecule has 7 nitrogen and oxygen atoms in total. The van der Waals surface area contributed by atoms with Crippen LogP contribution in [0.5, 0.6) is 0 Å². The number of nitrogens with one attached hydrogen (secondary N) is 2. The number of carbonyl (C=O) groups is 1. The topological polar surface area (TPSA) is 91.6 Å². The fourth-order valence-corrected chi connectivity index (χ4v) is 4.31. The summed E-state index contributed by atoms with van der Waals surface area (Å²) < 4.78 is 58.1. The second-order valence-electron chi connectivity index (χ2n) is 6.80. The van der Waals surface area contributed by atoms with Crippen LogP contribution in [0.15, 0.2) is 45.9 Å². The first-order chi connectivity index (χ1) is 13.9. The van der Waals surface area contributed by atoms with E-state index in [0.29, 0.717) is 12.6 Å². The molecule has 0 spiro atoms. The number of amides is 1. The number of halogens is 2. The molecule has 0 aliphatic carbocycles. The predicted octanol–water partition coefficient (Wildman–Crippen LogP) is 2.18. The first-order valence-electron chi connectivity index (χ1n) is 9.36. The summed E-state index contributed by atoms with van der Waals surface area (Å²) in [4.78, 5) is 14.0. The molecule has 1 amide bonds. The van der Waals surface area contributed by atoms with Gasteiger partial charge in [0.2, 0.25) is 15.9 Å². The van der Waals surface area contributed by atoms with Crippen molar-refractivity contribution in [3.05, 3.63) is 54.0 Å². The van der Waals surface area contributed by atoms with E-state index >= 15 is 0 Å². The number of likely N-dealkylation sites (tertiary alicyclic amines) is 1. The smallest absolute Gasteiger partial charge is 0.240 e. The molecule has 1 aromatic heterocycles.